The SMILES string of the molecule is C#C/C(C)=C(C(=C)N)\C(C)=C/C. The normalized spacial score (nSPS) is 13.3. The first-order chi connectivity index (χ1) is 5.54. The number of hydrogen-bond donors (Lipinski definition) is 1. The van der Waals surface area contributed by atoms with Gasteiger partial charge in [0, 0.05) is 16.8 Å². The van der Waals surface area contributed by atoms with Gasteiger partial charge < -0.3 is 5.73 Å². The lowest BCUT2D eigenvalue weighted by molar-refractivity contribution is 1.24. The average Bonchev–Trinajstić information content (AvgIpc) is 2.03. The van der Waals surface area contributed by atoms with E-state index in [-0.39, 0.29) is 0 Å². The third kappa shape index (κ3) is 2.32. The van der Waals surface area contributed by atoms with Crippen LogP contribution in [0.2, 0.25) is 0 Å². The molecule has 0 saturated heterocycles. The Kier molecular flexibility index (Phi) is 3.93. The fourth-order valence-corrected chi connectivity index (χ4v) is 1.01. The van der Waals surface area contributed by atoms with Gasteiger partial charge in [0.1, 0.15) is 0 Å². The van der Waals surface area contributed by atoms with Gasteiger partial charge in [-0.25, -0.2) is 0 Å². The van der Waals surface area contributed by atoms with E-state index in [4.69, 9.17) is 12.2 Å². The molecule has 0 rings (SSSR count). The van der Waals surface area contributed by atoms with Crippen molar-refractivity contribution in [3.05, 3.63) is 35.1 Å². The van der Waals surface area contributed by atoms with Crippen molar-refractivity contribution in [2.75, 3.05) is 0 Å². The van der Waals surface area contributed by atoms with E-state index in [9.17, 15) is 0 Å². The molecule has 2 N–H and O–H groups in total. The molecular formula is C11H15N. The van der Waals surface area contributed by atoms with Crippen LogP contribution in [0.1, 0.15) is 20.8 Å². The fourth-order valence-electron chi connectivity index (χ4n) is 1.01. The van der Waals surface area contributed by atoms with E-state index in [1.165, 1.54) is 0 Å². The quantitative estimate of drug-likeness (QED) is 0.488. The molecule has 0 aliphatic rings. The Balaban J connectivity index is 5.24. The molecule has 0 aliphatic carbocycles. The molecule has 0 aromatic heterocycles. The predicted molar refractivity (Wildman–Crippen MR) is 54.3 cm³/mol. The molecule has 64 valence electrons. The summed E-state index contributed by atoms with van der Waals surface area (Å²) >= 11 is 0. The van der Waals surface area contributed by atoms with Crippen molar-refractivity contribution in [3.8, 4) is 12.3 Å². The Morgan fingerprint density at radius 2 is 2.00 bits per heavy atom. The maximum absolute atomic E-state index is 5.60. The van der Waals surface area contributed by atoms with E-state index in [0.717, 1.165) is 16.7 Å². The lowest BCUT2D eigenvalue weighted by Gasteiger charge is -2.08. The first-order valence-corrected chi connectivity index (χ1v) is 3.80. The molecule has 0 atom stereocenters. The summed E-state index contributed by atoms with van der Waals surface area (Å²) < 4.78 is 0. The van der Waals surface area contributed by atoms with Gasteiger partial charge in [0.15, 0.2) is 0 Å². The van der Waals surface area contributed by atoms with Gasteiger partial charge in [-0.15, -0.1) is 6.42 Å². The second-order valence-corrected chi connectivity index (χ2v) is 2.64. The molecule has 0 fully saturated rings. The minimum atomic E-state index is 0.529. The van der Waals surface area contributed by atoms with E-state index >= 15 is 0 Å². The molecular weight excluding hydrogens is 146 g/mol. The van der Waals surface area contributed by atoms with Crippen molar-refractivity contribution in [1.82, 2.24) is 0 Å². The maximum atomic E-state index is 5.60. The Morgan fingerprint density at radius 3 is 2.25 bits per heavy atom. The van der Waals surface area contributed by atoms with E-state index in [1.807, 2.05) is 26.8 Å². The van der Waals surface area contributed by atoms with Gasteiger partial charge in [-0.05, 0) is 26.3 Å². The lowest BCUT2D eigenvalue weighted by Crippen LogP contribution is -2.02. The lowest BCUT2D eigenvalue weighted by atomic mass is 10.00. The van der Waals surface area contributed by atoms with Crippen LogP contribution < -0.4 is 5.73 Å². The highest BCUT2D eigenvalue weighted by Crippen LogP contribution is 2.18. The van der Waals surface area contributed by atoms with E-state index in [0.29, 0.717) is 5.70 Å². The van der Waals surface area contributed by atoms with E-state index in [2.05, 4.69) is 12.5 Å². The van der Waals surface area contributed by atoms with Gasteiger partial charge in [-0.3, -0.25) is 0 Å². The maximum Gasteiger partial charge on any atom is 0.0326 e. The van der Waals surface area contributed by atoms with Crippen molar-refractivity contribution in [3.63, 3.8) is 0 Å². The zero-order valence-electron chi connectivity index (χ0n) is 7.94. The highest BCUT2D eigenvalue weighted by Gasteiger charge is 2.03. The highest BCUT2D eigenvalue weighted by atomic mass is 14.6. The summed E-state index contributed by atoms with van der Waals surface area (Å²) in [5, 5.41) is 0. The Labute approximate surface area is 74.7 Å². The highest BCUT2D eigenvalue weighted by molar-refractivity contribution is 5.50. The van der Waals surface area contributed by atoms with Crippen LogP contribution in [0.15, 0.2) is 35.1 Å². The van der Waals surface area contributed by atoms with Crippen molar-refractivity contribution < 1.29 is 0 Å². The Hall–Kier alpha value is -1.42. The van der Waals surface area contributed by atoms with Crippen molar-refractivity contribution >= 4 is 0 Å². The third-order valence-electron chi connectivity index (χ3n) is 1.74. The summed E-state index contributed by atoms with van der Waals surface area (Å²) in [7, 11) is 0. The number of terminal acetylenes is 1. The van der Waals surface area contributed by atoms with Crippen molar-refractivity contribution in [2.45, 2.75) is 20.8 Å². The summed E-state index contributed by atoms with van der Waals surface area (Å²) in [6, 6.07) is 0. The monoisotopic (exact) mass is 161 g/mol. The molecule has 0 aromatic carbocycles. The van der Waals surface area contributed by atoms with Crippen LogP contribution in [0.25, 0.3) is 0 Å². The smallest absolute Gasteiger partial charge is 0.0326 e. The van der Waals surface area contributed by atoms with Gasteiger partial charge in [0.2, 0.25) is 0 Å². The summed E-state index contributed by atoms with van der Waals surface area (Å²) in [5.74, 6) is 2.56. The molecule has 0 bridgehead atoms. The van der Waals surface area contributed by atoms with Gasteiger partial charge in [-0.1, -0.05) is 18.6 Å². The average molecular weight is 161 g/mol. The fraction of sp³-hybridized carbons (Fsp3) is 0.273. The van der Waals surface area contributed by atoms with Crippen LogP contribution in [0.4, 0.5) is 0 Å². The van der Waals surface area contributed by atoms with Gasteiger partial charge in [0.25, 0.3) is 0 Å². The standard InChI is InChI=1S/C11H15N/c1-6-8(3)11(10(5)12)9(4)7-2/h1,7H,5,12H2,2-4H3/b9-7-,11-8+. The van der Waals surface area contributed by atoms with Crippen molar-refractivity contribution in [2.24, 2.45) is 5.73 Å². The zero-order chi connectivity index (χ0) is 9.72. The molecule has 1 heteroatoms. The summed E-state index contributed by atoms with van der Waals surface area (Å²) in [5.41, 5.74) is 8.92. The first kappa shape index (κ1) is 10.6. The topological polar surface area (TPSA) is 26.0 Å². The molecule has 12 heavy (non-hydrogen) atoms. The summed E-state index contributed by atoms with van der Waals surface area (Å²) in [6.45, 7) is 9.45. The Bertz CT molecular complexity index is 285. The predicted octanol–water partition coefficient (Wildman–Crippen LogP) is 2.37. The van der Waals surface area contributed by atoms with Crippen LogP contribution in [-0.2, 0) is 0 Å². The number of rotatable bonds is 2. The van der Waals surface area contributed by atoms with Crippen LogP contribution in [0.5, 0.6) is 0 Å². The number of nitrogens with two attached hydrogens (primary N) is 1. The van der Waals surface area contributed by atoms with Crippen LogP contribution in [-0.4, -0.2) is 0 Å². The van der Waals surface area contributed by atoms with E-state index < -0.39 is 0 Å². The summed E-state index contributed by atoms with van der Waals surface area (Å²) in [4.78, 5) is 0. The molecule has 0 heterocycles. The van der Waals surface area contributed by atoms with Crippen LogP contribution in [0.3, 0.4) is 0 Å². The zero-order valence-corrected chi connectivity index (χ0v) is 7.94. The molecule has 0 unspecified atom stereocenters. The molecule has 0 saturated carbocycles. The first-order valence-electron chi connectivity index (χ1n) is 3.80. The third-order valence-corrected chi connectivity index (χ3v) is 1.74. The molecule has 0 aliphatic heterocycles. The van der Waals surface area contributed by atoms with E-state index in [1.54, 1.807) is 0 Å². The second kappa shape index (κ2) is 4.46. The number of hydrogen-bond acceptors (Lipinski definition) is 1. The van der Waals surface area contributed by atoms with Crippen molar-refractivity contribution in [1.29, 1.82) is 0 Å². The minimum absolute atomic E-state index is 0.529. The van der Waals surface area contributed by atoms with Gasteiger partial charge in [-0.2, -0.15) is 0 Å². The molecule has 0 amide bonds. The molecule has 1 nitrogen and oxygen atoms in total. The minimum Gasteiger partial charge on any atom is -0.399 e. The number of allylic oxidation sites excluding steroid dienone is 3. The van der Waals surface area contributed by atoms with Crippen LogP contribution >= 0.6 is 0 Å². The molecule has 0 aromatic rings. The van der Waals surface area contributed by atoms with Gasteiger partial charge >= 0.3 is 0 Å². The van der Waals surface area contributed by atoms with Crippen LogP contribution in [0, 0.1) is 12.3 Å². The molecule has 0 radical (unpaired) electrons. The second-order valence-electron chi connectivity index (χ2n) is 2.64. The largest absolute Gasteiger partial charge is 0.399 e. The molecule has 0 spiro atoms. The Morgan fingerprint density at radius 1 is 1.50 bits per heavy atom. The van der Waals surface area contributed by atoms with Gasteiger partial charge in [0.05, 0.1) is 0 Å². The summed E-state index contributed by atoms with van der Waals surface area (Å²) in [6.07, 6.45) is 7.24.